The summed E-state index contributed by atoms with van der Waals surface area (Å²) in [5.41, 5.74) is 3.11. The van der Waals surface area contributed by atoms with Crippen molar-refractivity contribution < 1.29 is 19.0 Å². The van der Waals surface area contributed by atoms with E-state index in [2.05, 4.69) is 15.1 Å². The van der Waals surface area contributed by atoms with Crippen LogP contribution in [0.1, 0.15) is 74.4 Å². The van der Waals surface area contributed by atoms with E-state index < -0.39 is 11.9 Å². The summed E-state index contributed by atoms with van der Waals surface area (Å²) in [6.45, 7) is 4.63. The van der Waals surface area contributed by atoms with Crippen LogP contribution in [-0.4, -0.2) is 38.1 Å². The molecule has 41 heavy (non-hydrogen) atoms. The van der Waals surface area contributed by atoms with Crippen molar-refractivity contribution in [1.82, 2.24) is 19.7 Å². The molecule has 3 atom stereocenters. The number of pyridine rings is 2. The smallest absolute Gasteiger partial charge is 0.151 e. The molecule has 2 unspecified atom stereocenters. The molecule has 1 aromatic carbocycles. The van der Waals surface area contributed by atoms with Crippen LogP contribution in [0.4, 0.5) is 4.39 Å². The van der Waals surface area contributed by atoms with E-state index in [1.165, 1.54) is 18.5 Å². The third-order valence-electron chi connectivity index (χ3n) is 7.29. The highest BCUT2D eigenvalue weighted by Crippen LogP contribution is 2.37. The number of hydrogen-bond acceptors (Lipinski definition) is 6. The molecule has 0 spiro atoms. The number of benzene rings is 1. The second kappa shape index (κ2) is 13.3. The number of aryl methyl sites for hydroxylation is 1. The Morgan fingerprint density at radius 1 is 1.17 bits per heavy atom. The summed E-state index contributed by atoms with van der Waals surface area (Å²) in [7, 11) is 0. The van der Waals surface area contributed by atoms with Crippen LogP contribution >= 0.6 is 23.2 Å². The summed E-state index contributed by atoms with van der Waals surface area (Å²) < 4.78 is 29.9. The summed E-state index contributed by atoms with van der Waals surface area (Å²) in [6, 6.07) is 9.21. The predicted molar refractivity (Wildman–Crippen MR) is 160 cm³/mol. The van der Waals surface area contributed by atoms with Crippen molar-refractivity contribution in [3.05, 3.63) is 81.5 Å². The van der Waals surface area contributed by atoms with Gasteiger partial charge in [-0.1, -0.05) is 36.2 Å². The highest BCUT2D eigenvalue weighted by molar-refractivity contribution is 6.35. The Morgan fingerprint density at radius 2 is 1.98 bits per heavy atom. The Hall–Kier alpha value is -3.04. The van der Waals surface area contributed by atoms with Crippen LogP contribution in [0.2, 0.25) is 10.0 Å². The van der Waals surface area contributed by atoms with E-state index in [9.17, 15) is 5.11 Å². The number of aliphatic hydroxyl groups excluding tert-OH is 1. The molecule has 0 radical (unpaired) electrons. The Labute approximate surface area is 248 Å². The number of aromatic nitrogens is 4. The minimum absolute atomic E-state index is 0.148. The third kappa shape index (κ3) is 6.89. The van der Waals surface area contributed by atoms with Gasteiger partial charge in [-0.3, -0.25) is 9.97 Å². The van der Waals surface area contributed by atoms with Crippen LogP contribution in [0, 0.1) is 5.92 Å². The van der Waals surface area contributed by atoms with Crippen molar-refractivity contribution in [1.29, 1.82) is 0 Å². The molecule has 1 aliphatic heterocycles. The molecule has 0 aliphatic carbocycles. The topological polar surface area (TPSA) is 82.3 Å². The second-order valence-corrected chi connectivity index (χ2v) is 11.3. The van der Waals surface area contributed by atoms with E-state index in [0.29, 0.717) is 38.9 Å². The number of aliphatic hydroxyl groups is 1. The van der Waals surface area contributed by atoms with Crippen molar-refractivity contribution in [2.24, 2.45) is 5.92 Å². The van der Waals surface area contributed by atoms with Crippen molar-refractivity contribution in [2.45, 2.75) is 58.3 Å². The van der Waals surface area contributed by atoms with Gasteiger partial charge in [0.05, 0.1) is 15.6 Å². The molecule has 10 heteroatoms. The average molecular weight is 600 g/mol. The van der Waals surface area contributed by atoms with Crippen molar-refractivity contribution in [3.63, 3.8) is 0 Å². The van der Waals surface area contributed by atoms with Gasteiger partial charge in [-0.2, -0.15) is 5.10 Å². The first kappa shape index (κ1) is 29.5. The van der Waals surface area contributed by atoms with Crippen molar-refractivity contribution in [2.75, 3.05) is 13.2 Å². The Balaban J connectivity index is 1.47. The van der Waals surface area contributed by atoms with Gasteiger partial charge in [0, 0.05) is 48.4 Å². The highest BCUT2D eigenvalue weighted by atomic mass is 35.5. The number of ether oxygens (including phenoxy) is 2. The molecule has 1 fully saturated rings. The number of nitrogens with zero attached hydrogens (tertiary/aromatic N) is 4. The van der Waals surface area contributed by atoms with E-state index >= 15 is 4.39 Å². The largest absolute Gasteiger partial charge is 0.486 e. The minimum Gasteiger partial charge on any atom is -0.486 e. The molecule has 0 amide bonds. The van der Waals surface area contributed by atoms with Gasteiger partial charge in [0.15, 0.2) is 12.1 Å². The lowest BCUT2D eigenvalue weighted by Gasteiger charge is -2.23. The third-order valence-corrected chi connectivity index (χ3v) is 7.89. The lowest BCUT2D eigenvalue weighted by atomic mass is 10.0. The van der Waals surface area contributed by atoms with Gasteiger partial charge in [0.25, 0.3) is 0 Å². The van der Waals surface area contributed by atoms with Gasteiger partial charge in [-0.05, 0) is 80.9 Å². The van der Waals surface area contributed by atoms with Gasteiger partial charge in [-0.15, -0.1) is 0 Å². The van der Waals surface area contributed by atoms with Crippen LogP contribution in [-0.2, 0) is 11.2 Å². The fraction of sp³-hybridized carbons (Fsp3) is 0.387. The number of hydrogen-bond donors (Lipinski definition) is 1. The van der Waals surface area contributed by atoms with Crippen LogP contribution in [0.5, 0.6) is 5.75 Å². The van der Waals surface area contributed by atoms with Gasteiger partial charge in [0.2, 0.25) is 0 Å². The molecule has 4 aromatic rings. The van der Waals surface area contributed by atoms with E-state index in [0.717, 1.165) is 43.3 Å². The van der Waals surface area contributed by atoms with E-state index in [4.69, 9.17) is 32.7 Å². The highest BCUT2D eigenvalue weighted by Gasteiger charge is 2.24. The summed E-state index contributed by atoms with van der Waals surface area (Å²) in [4.78, 5) is 8.49. The van der Waals surface area contributed by atoms with E-state index in [1.807, 2.05) is 38.1 Å². The fourth-order valence-electron chi connectivity index (χ4n) is 4.95. The molecule has 5 rings (SSSR count). The molecular weight excluding hydrogens is 566 g/mol. The SMILES string of the molecule is CC(Oc1ccc2c(c1)c(/C(F)=C/c1ccc(CC[C@@H](C)CO)nc1)nn2C1CCCCO1)c1c(Cl)cncc1Cl. The number of rotatable bonds is 10. The first-order chi connectivity index (χ1) is 19.8. The zero-order valence-corrected chi connectivity index (χ0v) is 24.6. The maximum Gasteiger partial charge on any atom is 0.151 e. The van der Waals surface area contributed by atoms with E-state index in [-0.39, 0.29) is 24.4 Å². The zero-order chi connectivity index (χ0) is 28.9. The Morgan fingerprint density at radius 3 is 2.66 bits per heavy atom. The second-order valence-electron chi connectivity index (χ2n) is 10.5. The van der Waals surface area contributed by atoms with Crippen LogP contribution < -0.4 is 4.74 Å². The maximum atomic E-state index is 15.9. The lowest BCUT2D eigenvalue weighted by molar-refractivity contribution is -0.0367. The number of halogens is 3. The molecule has 7 nitrogen and oxygen atoms in total. The molecule has 4 heterocycles. The molecule has 0 saturated carbocycles. The Kier molecular flexibility index (Phi) is 9.55. The predicted octanol–water partition coefficient (Wildman–Crippen LogP) is 8.00. The minimum atomic E-state index is -0.488. The maximum absolute atomic E-state index is 15.9. The summed E-state index contributed by atoms with van der Waals surface area (Å²) >= 11 is 12.7. The van der Waals surface area contributed by atoms with Crippen molar-refractivity contribution in [3.8, 4) is 5.75 Å². The molecule has 216 valence electrons. The first-order valence-electron chi connectivity index (χ1n) is 13.9. The fourth-order valence-corrected chi connectivity index (χ4v) is 5.62. The summed E-state index contributed by atoms with van der Waals surface area (Å²) in [5.74, 6) is 0.245. The zero-order valence-electron chi connectivity index (χ0n) is 23.1. The van der Waals surface area contributed by atoms with Crippen LogP contribution in [0.15, 0.2) is 48.9 Å². The first-order valence-corrected chi connectivity index (χ1v) is 14.6. The quantitative estimate of drug-likeness (QED) is 0.199. The normalized spacial score (nSPS) is 17.5. The molecule has 3 aromatic heterocycles. The molecule has 0 bridgehead atoms. The van der Waals surface area contributed by atoms with Gasteiger partial charge in [-0.25, -0.2) is 9.07 Å². The lowest BCUT2D eigenvalue weighted by Crippen LogP contribution is -2.19. The van der Waals surface area contributed by atoms with E-state index in [1.54, 1.807) is 16.9 Å². The molecule has 1 N–H and O–H groups in total. The van der Waals surface area contributed by atoms with Gasteiger partial charge >= 0.3 is 0 Å². The van der Waals surface area contributed by atoms with Gasteiger partial charge < -0.3 is 14.6 Å². The summed E-state index contributed by atoms with van der Waals surface area (Å²) in [5, 5.41) is 15.4. The van der Waals surface area contributed by atoms with Crippen molar-refractivity contribution >= 4 is 46.0 Å². The average Bonchev–Trinajstić information content (AvgIpc) is 3.36. The Bertz CT molecular complexity index is 1500. The van der Waals surface area contributed by atoms with Gasteiger partial charge in [0.1, 0.15) is 17.5 Å². The van der Waals surface area contributed by atoms with Crippen LogP contribution in [0.3, 0.4) is 0 Å². The molecule has 1 aliphatic rings. The molecular formula is C31H33Cl2FN4O3. The monoisotopic (exact) mass is 598 g/mol. The standard InChI is InChI=1S/C31H33Cl2FN4O3/c1-19(18-39)6-8-22-9-7-21(15-36-22)13-27(34)31-24-14-23(41-20(2)30-25(32)16-35-17-26(30)33)10-11-28(24)38(37-31)29-5-3-4-12-40-29/h7,9-11,13-17,19-20,29,39H,3-6,8,12,18H2,1-2H3/b27-13-/t19-,20?,29?/m1/s1. The van der Waals surface area contributed by atoms with Crippen LogP contribution in [0.25, 0.3) is 22.8 Å². The molecule has 1 saturated heterocycles. The summed E-state index contributed by atoms with van der Waals surface area (Å²) in [6.07, 6.45) is 9.80. The number of fused-ring (bicyclic) bond motifs is 1.